The third-order valence-corrected chi connectivity index (χ3v) is 5.62. The molecule has 0 radical (unpaired) electrons. The number of anilines is 1. The first kappa shape index (κ1) is 22.8. The van der Waals surface area contributed by atoms with Crippen LogP contribution >= 0.6 is 27.7 Å². The maximum absolute atomic E-state index is 12.3. The van der Waals surface area contributed by atoms with Gasteiger partial charge >= 0.3 is 0 Å². The van der Waals surface area contributed by atoms with Crippen LogP contribution < -0.4 is 20.1 Å². The standard InChI is InChI=1S/C21H21BrN4O4S/c1-3-29-17-8-14(10-23-26-21-25-20(28)12-31-21)15(22)9-18(17)30-11-19(27)24-16-7-5-4-6-13(16)2/h4-10H,3,11-12H2,1-2H3,(H,24,27)(H,25,26,28). The Labute approximate surface area is 192 Å². The first-order valence-electron chi connectivity index (χ1n) is 9.44. The SMILES string of the molecule is CCOc1cc(C=NN=C2NC(=O)CS2)c(Br)cc1OCC(=O)Nc1ccccc1C. The highest BCUT2D eigenvalue weighted by Crippen LogP contribution is 2.33. The van der Waals surface area contributed by atoms with Crippen molar-refractivity contribution in [3.63, 3.8) is 0 Å². The van der Waals surface area contributed by atoms with Gasteiger partial charge in [-0.15, -0.1) is 5.10 Å². The highest BCUT2D eigenvalue weighted by atomic mass is 79.9. The van der Waals surface area contributed by atoms with Gasteiger partial charge in [0, 0.05) is 15.7 Å². The van der Waals surface area contributed by atoms with Crippen LogP contribution in [-0.2, 0) is 9.59 Å². The van der Waals surface area contributed by atoms with Gasteiger partial charge in [-0.2, -0.15) is 5.10 Å². The average molecular weight is 505 g/mol. The summed E-state index contributed by atoms with van der Waals surface area (Å²) in [5.41, 5.74) is 2.42. The predicted octanol–water partition coefficient (Wildman–Crippen LogP) is 3.73. The van der Waals surface area contributed by atoms with Crippen LogP contribution in [0, 0.1) is 6.92 Å². The normalized spacial score (nSPS) is 14.7. The van der Waals surface area contributed by atoms with Crippen molar-refractivity contribution >= 4 is 56.6 Å². The van der Waals surface area contributed by atoms with E-state index in [0.717, 1.165) is 11.3 Å². The molecular formula is C21H21BrN4O4S. The van der Waals surface area contributed by atoms with Crippen molar-refractivity contribution in [2.75, 3.05) is 24.3 Å². The highest BCUT2D eigenvalue weighted by Gasteiger charge is 2.16. The lowest BCUT2D eigenvalue weighted by Crippen LogP contribution is -2.21. The number of amidine groups is 1. The van der Waals surface area contributed by atoms with Crippen LogP contribution in [0.1, 0.15) is 18.1 Å². The van der Waals surface area contributed by atoms with Gasteiger partial charge in [-0.05, 0) is 53.5 Å². The molecule has 3 rings (SSSR count). The Morgan fingerprint density at radius 3 is 2.77 bits per heavy atom. The maximum Gasteiger partial charge on any atom is 0.262 e. The number of carbonyl (C=O) groups is 2. The quantitative estimate of drug-likeness (QED) is 0.421. The van der Waals surface area contributed by atoms with Crippen LogP contribution in [0.5, 0.6) is 11.5 Å². The van der Waals surface area contributed by atoms with Gasteiger partial charge in [-0.25, -0.2) is 0 Å². The minimum atomic E-state index is -0.273. The fourth-order valence-corrected chi connectivity index (χ4v) is 3.65. The third kappa shape index (κ3) is 6.56. The molecule has 1 fully saturated rings. The van der Waals surface area contributed by atoms with Crippen LogP contribution in [0.25, 0.3) is 0 Å². The number of amides is 2. The summed E-state index contributed by atoms with van der Waals surface area (Å²) < 4.78 is 12.1. The number of aryl methyl sites for hydroxylation is 1. The molecule has 0 saturated carbocycles. The van der Waals surface area contributed by atoms with Crippen LogP contribution in [0.3, 0.4) is 0 Å². The van der Waals surface area contributed by atoms with E-state index >= 15 is 0 Å². The molecule has 0 aliphatic carbocycles. The lowest BCUT2D eigenvalue weighted by atomic mass is 10.2. The first-order valence-corrected chi connectivity index (χ1v) is 11.2. The molecule has 0 bridgehead atoms. The maximum atomic E-state index is 12.3. The summed E-state index contributed by atoms with van der Waals surface area (Å²) in [5.74, 6) is 0.885. The highest BCUT2D eigenvalue weighted by molar-refractivity contribution is 9.10. The lowest BCUT2D eigenvalue weighted by molar-refractivity contribution is -0.118. The second-order valence-electron chi connectivity index (χ2n) is 6.39. The number of hydrogen-bond acceptors (Lipinski definition) is 7. The summed E-state index contributed by atoms with van der Waals surface area (Å²) >= 11 is 4.77. The monoisotopic (exact) mass is 504 g/mol. The van der Waals surface area contributed by atoms with E-state index in [0.29, 0.717) is 39.1 Å². The molecule has 0 atom stereocenters. The van der Waals surface area contributed by atoms with E-state index in [2.05, 4.69) is 36.8 Å². The van der Waals surface area contributed by atoms with E-state index < -0.39 is 0 Å². The molecule has 1 aliphatic heterocycles. The van der Waals surface area contributed by atoms with E-state index in [1.165, 1.54) is 11.8 Å². The van der Waals surface area contributed by atoms with Crippen molar-refractivity contribution in [3.05, 3.63) is 52.0 Å². The van der Waals surface area contributed by atoms with Crippen molar-refractivity contribution in [1.82, 2.24) is 5.32 Å². The fraction of sp³-hybridized carbons (Fsp3) is 0.238. The Balaban J connectivity index is 1.68. The molecule has 0 aromatic heterocycles. The molecule has 162 valence electrons. The zero-order chi connectivity index (χ0) is 22.2. The smallest absolute Gasteiger partial charge is 0.262 e. The van der Waals surface area contributed by atoms with Crippen molar-refractivity contribution in [2.24, 2.45) is 10.2 Å². The number of para-hydroxylation sites is 1. The number of halogens is 1. The molecule has 2 N–H and O–H groups in total. The zero-order valence-corrected chi connectivity index (χ0v) is 19.4. The van der Waals surface area contributed by atoms with Gasteiger partial charge in [0.15, 0.2) is 23.3 Å². The molecule has 31 heavy (non-hydrogen) atoms. The lowest BCUT2D eigenvalue weighted by Gasteiger charge is -2.14. The molecular weight excluding hydrogens is 484 g/mol. The number of nitrogens with one attached hydrogen (secondary N) is 2. The molecule has 0 unspecified atom stereocenters. The second kappa shape index (κ2) is 11.0. The number of hydrogen-bond donors (Lipinski definition) is 2. The van der Waals surface area contributed by atoms with E-state index in [9.17, 15) is 9.59 Å². The van der Waals surface area contributed by atoms with Gasteiger partial charge in [0.2, 0.25) is 5.91 Å². The summed E-state index contributed by atoms with van der Waals surface area (Å²) in [6, 6.07) is 11.0. The first-order chi connectivity index (χ1) is 15.0. The summed E-state index contributed by atoms with van der Waals surface area (Å²) in [4.78, 5) is 23.5. The summed E-state index contributed by atoms with van der Waals surface area (Å²) in [7, 11) is 0. The minimum absolute atomic E-state index is 0.0910. The fourth-order valence-electron chi connectivity index (χ4n) is 2.60. The summed E-state index contributed by atoms with van der Waals surface area (Å²) in [5, 5.41) is 13.9. The van der Waals surface area contributed by atoms with E-state index in [-0.39, 0.29) is 18.4 Å². The number of thioether (sulfide) groups is 1. The Hall–Kier alpha value is -2.85. The number of benzene rings is 2. The van der Waals surface area contributed by atoms with Crippen LogP contribution in [0.15, 0.2) is 51.1 Å². The summed E-state index contributed by atoms with van der Waals surface area (Å²) in [6.45, 7) is 4.04. The van der Waals surface area contributed by atoms with Gasteiger partial charge in [0.05, 0.1) is 18.6 Å². The van der Waals surface area contributed by atoms with Gasteiger partial charge in [0.25, 0.3) is 5.91 Å². The molecule has 2 aromatic carbocycles. The van der Waals surface area contributed by atoms with E-state index in [4.69, 9.17) is 9.47 Å². The number of rotatable bonds is 8. The topological polar surface area (TPSA) is 101 Å². The summed E-state index contributed by atoms with van der Waals surface area (Å²) in [6.07, 6.45) is 1.54. The Kier molecular flexibility index (Phi) is 8.07. The van der Waals surface area contributed by atoms with Gasteiger partial charge < -0.3 is 20.1 Å². The van der Waals surface area contributed by atoms with Gasteiger partial charge in [-0.1, -0.05) is 30.0 Å². The molecule has 1 heterocycles. The Morgan fingerprint density at radius 1 is 1.29 bits per heavy atom. The molecule has 10 heteroatoms. The molecule has 0 spiro atoms. The molecule has 2 amide bonds. The Morgan fingerprint density at radius 2 is 2.06 bits per heavy atom. The van der Waals surface area contributed by atoms with Crippen LogP contribution in [-0.4, -0.2) is 42.2 Å². The predicted molar refractivity (Wildman–Crippen MR) is 126 cm³/mol. The van der Waals surface area contributed by atoms with Gasteiger partial charge in [-0.3, -0.25) is 9.59 Å². The number of ether oxygens (including phenoxy) is 2. The van der Waals surface area contributed by atoms with Crippen molar-refractivity contribution < 1.29 is 19.1 Å². The molecule has 2 aromatic rings. The van der Waals surface area contributed by atoms with E-state index in [1.807, 2.05) is 38.1 Å². The van der Waals surface area contributed by atoms with E-state index in [1.54, 1.807) is 18.3 Å². The number of carbonyl (C=O) groups excluding carboxylic acids is 2. The Bertz CT molecular complexity index is 1040. The molecule has 1 aliphatic rings. The van der Waals surface area contributed by atoms with Crippen molar-refractivity contribution in [3.8, 4) is 11.5 Å². The largest absolute Gasteiger partial charge is 0.490 e. The molecule has 8 nitrogen and oxygen atoms in total. The van der Waals surface area contributed by atoms with Gasteiger partial charge in [0.1, 0.15) is 0 Å². The molecule has 1 saturated heterocycles. The third-order valence-electron chi connectivity index (χ3n) is 4.07. The van der Waals surface area contributed by atoms with Crippen molar-refractivity contribution in [2.45, 2.75) is 13.8 Å². The van der Waals surface area contributed by atoms with Crippen LogP contribution in [0.4, 0.5) is 5.69 Å². The average Bonchev–Trinajstić information content (AvgIpc) is 3.16. The minimum Gasteiger partial charge on any atom is -0.490 e. The zero-order valence-electron chi connectivity index (χ0n) is 17.0. The van der Waals surface area contributed by atoms with Crippen molar-refractivity contribution in [1.29, 1.82) is 0 Å². The van der Waals surface area contributed by atoms with Crippen LogP contribution in [0.2, 0.25) is 0 Å². The second-order valence-corrected chi connectivity index (χ2v) is 8.21. The number of nitrogens with zero attached hydrogens (tertiary/aromatic N) is 2.